The quantitative estimate of drug-likeness (QED) is 0.269. The average molecular weight is 497 g/mol. The van der Waals surface area contributed by atoms with Crippen LogP contribution in [0.25, 0.3) is 6.08 Å². The zero-order valence-corrected chi connectivity index (χ0v) is 20.1. The Morgan fingerprint density at radius 2 is 1.79 bits per heavy atom. The maximum Gasteiger partial charge on any atom is 0.266 e. The number of methoxy groups -OCH3 is 1. The van der Waals surface area contributed by atoms with Gasteiger partial charge in [0.15, 0.2) is 11.5 Å². The van der Waals surface area contributed by atoms with Crippen LogP contribution in [-0.4, -0.2) is 19.6 Å². The number of anilines is 1. The molecule has 3 rings (SSSR count). The second-order valence-corrected chi connectivity index (χ2v) is 7.83. The summed E-state index contributed by atoms with van der Waals surface area (Å²) >= 11 is 12.2. The largest absolute Gasteiger partial charge is 0.495 e. The first-order valence-electron chi connectivity index (χ1n) is 10.3. The van der Waals surface area contributed by atoms with E-state index in [2.05, 4.69) is 5.32 Å². The molecule has 34 heavy (non-hydrogen) atoms. The molecule has 8 heteroatoms. The van der Waals surface area contributed by atoms with E-state index in [-0.39, 0.29) is 12.2 Å². The summed E-state index contributed by atoms with van der Waals surface area (Å²) in [6.45, 7) is 2.53. The van der Waals surface area contributed by atoms with Crippen molar-refractivity contribution >= 4 is 40.9 Å². The van der Waals surface area contributed by atoms with Crippen LogP contribution in [0.4, 0.5) is 5.69 Å². The summed E-state index contributed by atoms with van der Waals surface area (Å²) < 4.78 is 16.9. The molecule has 0 heterocycles. The van der Waals surface area contributed by atoms with E-state index >= 15 is 0 Å². The first-order valence-corrected chi connectivity index (χ1v) is 11.1. The fourth-order valence-electron chi connectivity index (χ4n) is 3.06. The van der Waals surface area contributed by atoms with Crippen LogP contribution in [0.5, 0.6) is 17.2 Å². The van der Waals surface area contributed by atoms with E-state index in [4.69, 9.17) is 37.4 Å². The minimum atomic E-state index is -0.597. The monoisotopic (exact) mass is 496 g/mol. The molecule has 174 valence electrons. The van der Waals surface area contributed by atoms with Crippen molar-refractivity contribution in [3.8, 4) is 23.3 Å². The van der Waals surface area contributed by atoms with Gasteiger partial charge in [-0.25, -0.2) is 0 Å². The minimum absolute atomic E-state index is 0.103. The normalized spacial score (nSPS) is 10.9. The van der Waals surface area contributed by atoms with Gasteiger partial charge in [-0.15, -0.1) is 0 Å². The van der Waals surface area contributed by atoms with Crippen molar-refractivity contribution in [2.75, 3.05) is 19.0 Å². The number of hydrogen-bond acceptors (Lipinski definition) is 5. The third kappa shape index (κ3) is 6.44. The van der Waals surface area contributed by atoms with E-state index in [9.17, 15) is 10.1 Å². The van der Waals surface area contributed by atoms with Crippen molar-refractivity contribution in [2.24, 2.45) is 0 Å². The van der Waals surface area contributed by atoms with Crippen molar-refractivity contribution in [1.82, 2.24) is 0 Å². The topological polar surface area (TPSA) is 80.6 Å². The highest BCUT2D eigenvalue weighted by Crippen LogP contribution is 2.31. The first kappa shape index (κ1) is 25.0. The van der Waals surface area contributed by atoms with Gasteiger partial charge in [-0.05, 0) is 55.0 Å². The van der Waals surface area contributed by atoms with Crippen LogP contribution in [-0.2, 0) is 11.4 Å². The van der Waals surface area contributed by atoms with Gasteiger partial charge >= 0.3 is 0 Å². The van der Waals surface area contributed by atoms with Gasteiger partial charge in [0, 0.05) is 15.6 Å². The van der Waals surface area contributed by atoms with Crippen molar-refractivity contribution in [3.63, 3.8) is 0 Å². The molecule has 0 aromatic heterocycles. The predicted octanol–water partition coefficient (Wildman–Crippen LogP) is 6.53. The van der Waals surface area contributed by atoms with Gasteiger partial charge in [0.2, 0.25) is 0 Å². The lowest BCUT2D eigenvalue weighted by Crippen LogP contribution is -2.14. The Morgan fingerprint density at radius 1 is 1.03 bits per heavy atom. The number of ether oxygens (including phenoxy) is 3. The maximum absolute atomic E-state index is 12.7. The first-order chi connectivity index (χ1) is 16.4. The standard InChI is InChI=1S/C26H22Cl2N2O4/c1-3-33-25-13-17(8-10-24(25)34-16-18-6-4-5-7-21(18)28)12-19(15-29)26(31)30-22-14-20(27)9-11-23(22)32-2/h4-14H,3,16H2,1-2H3,(H,30,31)/b19-12+. The minimum Gasteiger partial charge on any atom is -0.495 e. The lowest BCUT2D eigenvalue weighted by Gasteiger charge is -2.13. The number of halogens is 2. The third-order valence-corrected chi connectivity index (χ3v) is 5.30. The third-order valence-electron chi connectivity index (χ3n) is 4.69. The Bertz CT molecular complexity index is 1250. The highest BCUT2D eigenvalue weighted by Gasteiger charge is 2.14. The Morgan fingerprint density at radius 3 is 2.50 bits per heavy atom. The van der Waals surface area contributed by atoms with Crippen molar-refractivity contribution in [2.45, 2.75) is 13.5 Å². The van der Waals surface area contributed by atoms with Gasteiger partial charge < -0.3 is 19.5 Å². The van der Waals surface area contributed by atoms with Gasteiger partial charge in [-0.3, -0.25) is 4.79 Å². The van der Waals surface area contributed by atoms with Crippen molar-refractivity contribution < 1.29 is 19.0 Å². The molecule has 6 nitrogen and oxygen atoms in total. The molecular weight excluding hydrogens is 475 g/mol. The SMILES string of the molecule is CCOc1cc(/C=C(\C#N)C(=O)Nc2cc(Cl)ccc2OC)ccc1OCc1ccccc1Cl. The lowest BCUT2D eigenvalue weighted by molar-refractivity contribution is -0.112. The number of nitrogens with zero attached hydrogens (tertiary/aromatic N) is 1. The van der Waals surface area contributed by atoms with Gasteiger partial charge in [0.05, 0.1) is 19.4 Å². The summed E-state index contributed by atoms with van der Waals surface area (Å²) in [6, 6.07) is 19.3. The molecule has 0 aliphatic carbocycles. The molecule has 0 fully saturated rings. The number of rotatable bonds is 9. The van der Waals surface area contributed by atoms with E-state index in [1.54, 1.807) is 42.5 Å². The number of nitrogens with one attached hydrogen (secondary N) is 1. The fourth-order valence-corrected chi connectivity index (χ4v) is 3.42. The van der Waals surface area contributed by atoms with Crippen LogP contribution < -0.4 is 19.5 Å². The number of carbonyl (C=O) groups excluding carboxylic acids is 1. The molecule has 0 bridgehead atoms. The summed E-state index contributed by atoms with van der Waals surface area (Å²) in [5.41, 5.74) is 1.70. The lowest BCUT2D eigenvalue weighted by atomic mass is 10.1. The van der Waals surface area contributed by atoms with Gasteiger partial charge in [0.25, 0.3) is 5.91 Å². The molecule has 3 aromatic rings. The predicted molar refractivity (Wildman–Crippen MR) is 134 cm³/mol. The summed E-state index contributed by atoms with van der Waals surface area (Å²) in [5.74, 6) is 0.830. The van der Waals surface area contributed by atoms with Crippen LogP contribution in [0.3, 0.4) is 0 Å². The zero-order valence-electron chi connectivity index (χ0n) is 18.6. The molecule has 0 aliphatic heterocycles. The number of amides is 1. The van der Waals surface area contributed by atoms with Gasteiger partial charge in [-0.1, -0.05) is 47.5 Å². The van der Waals surface area contributed by atoms with E-state index < -0.39 is 5.91 Å². The molecule has 0 atom stereocenters. The molecule has 0 unspecified atom stereocenters. The van der Waals surface area contributed by atoms with E-state index in [1.807, 2.05) is 31.2 Å². The fraction of sp³-hybridized carbons (Fsp3) is 0.154. The summed E-state index contributed by atoms with van der Waals surface area (Å²) in [6.07, 6.45) is 1.47. The number of carbonyl (C=O) groups is 1. The molecule has 0 aliphatic rings. The highest BCUT2D eigenvalue weighted by molar-refractivity contribution is 6.31. The highest BCUT2D eigenvalue weighted by atomic mass is 35.5. The second-order valence-electron chi connectivity index (χ2n) is 6.99. The maximum atomic E-state index is 12.7. The number of nitriles is 1. The second kappa shape index (κ2) is 12.0. The van der Waals surface area contributed by atoms with Crippen molar-refractivity contribution in [1.29, 1.82) is 5.26 Å². The van der Waals surface area contributed by atoms with Crippen LogP contribution in [0, 0.1) is 11.3 Å². The molecule has 3 aromatic carbocycles. The van der Waals surface area contributed by atoms with E-state index in [0.29, 0.717) is 45.2 Å². The molecule has 0 saturated heterocycles. The van der Waals surface area contributed by atoms with Gasteiger partial charge in [0.1, 0.15) is 24.0 Å². The molecule has 0 saturated carbocycles. The summed E-state index contributed by atoms with van der Waals surface area (Å²) in [4.78, 5) is 12.7. The van der Waals surface area contributed by atoms with Crippen LogP contribution in [0.15, 0.2) is 66.2 Å². The zero-order chi connectivity index (χ0) is 24.5. The summed E-state index contributed by atoms with van der Waals surface area (Å²) in [5, 5.41) is 13.3. The van der Waals surface area contributed by atoms with Crippen LogP contribution in [0.2, 0.25) is 10.0 Å². The van der Waals surface area contributed by atoms with Crippen LogP contribution in [0.1, 0.15) is 18.1 Å². The van der Waals surface area contributed by atoms with Crippen molar-refractivity contribution in [3.05, 3.63) is 87.4 Å². The number of benzene rings is 3. The molecule has 0 radical (unpaired) electrons. The van der Waals surface area contributed by atoms with Crippen LogP contribution >= 0.6 is 23.2 Å². The smallest absolute Gasteiger partial charge is 0.266 e. The van der Waals surface area contributed by atoms with E-state index in [1.165, 1.54) is 13.2 Å². The van der Waals surface area contributed by atoms with E-state index in [0.717, 1.165) is 5.56 Å². The Hall–Kier alpha value is -3.66. The Labute approximate surface area is 208 Å². The molecular formula is C26H22Cl2N2O4. The summed E-state index contributed by atoms with van der Waals surface area (Å²) in [7, 11) is 1.48. The molecule has 1 N–H and O–H groups in total. The average Bonchev–Trinajstić information content (AvgIpc) is 2.83. The Balaban J connectivity index is 1.82. The number of hydrogen-bond donors (Lipinski definition) is 1. The Kier molecular flexibility index (Phi) is 8.80. The molecule has 1 amide bonds. The molecule has 0 spiro atoms. The van der Waals surface area contributed by atoms with Gasteiger partial charge in [-0.2, -0.15) is 5.26 Å².